The third-order valence-electron chi connectivity index (χ3n) is 3.94. The van der Waals surface area contributed by atoms with Crippen LogP contribution in [-0.2, 0) is 16.1 Å². The van der Waals surface area contributed by atoms with Crippen molar-refractivity contribution in [1.29, 1.82) is 0 Å². The molecule has 136 valence electrons. The summed E-state index contributed by atoms with van der Waals surface area (Å²) in [6.45, 7) is 1.37. The molecule has 0 aliphatic rings. The van der Waals surface area contributed by atoms with Crippen molar-refractivity contribution in [2.75, 3.05) is 5.32 Å². The van der Waals surface area contributed by atoms with Gasteiger partial charge in [-0.1, -0.05) is 54.6 Å². The largest absolute Gasteiger partial charge is 0.457 e. The fraction of sp³-hybridized carbons (Fsp3) is 0.0909. The lowest BCUT2D eigenvalue weighted by Gasteiger charge is -2.09. The predicted octanol–water partition coefficient (Wildman–Crippen LogP) is 4.81. The summed E-state index contributed by atoms with van der Waals surface area (Å²) in [5.74, 6) is -1.62. The van der Waals surface area contributed by atoms with Gasteiger partial charge in [0.1, 0.15) is 12.4 Å². The van der Waals surface area contributed by atoms with Crippen LogP contribution >= 0.6 is 0 Å². The molecule has 4 nitrogen and oxygen atoms in total. The lowest BCUT2D eigenvalue weighted by Crippen LogP contribution is -2.10. The Kier molecular flexibility index (Phi) is 5.61. The monoisotopic (exact) mass is 363 g/mol. The molecule has 0 heterocycles. The van der Waals surface area contributed by atoms with Crippen LogP contribution in [0.5, 0.6) is 0 Å². The van der Waals surface area contributed by atoms with Crippen molar-refractivity contribution in [3.8, 4) is 11.1 Å². The van der Waals surface area contributed by atoms with E-state index in [1.165, 1.54) is 19.1 Å². The van der Waals surface area contributed by atoms with Gasteiger partial charge in [0.05, 0.1) is 11.3 Å². The molecule has 27 heavy (non-hydrogen) atoms. The number of benzene rings is 3. The lowest BCUT2D eigenvalue weighted by atomic mass is 10.0. The number of nitrogens with one attached hydrogen (secondary N) is 1. The first-order valence-corrected chi connectivity index (χ1v) is 8.41. The van der Waals surface area contributed by atoms with E-state index in [2.05, 4.69) is 5.32 Å². The molecule has 1 N–H and O–H groups in total. The normalized spacial score (nSPS) is 10.3. The van der Waals surface area contributed by atoms with Gasteiger partial charge < -0.3 is 10.1 Å². The standard InChI is InChI=1S/C22H18FNO3/c1-15(25)24-21-13-19(11-12-20(21)23)22(26)27-14-16-7-9-18(10-8-16)17-5-3-2-4-6-17/h2-13H,14H2,1H3,(H,24,25). The summed E-state index contributed by atoms with van der Waals surface area (Å²) in [6, 6.07) is 21.4. The third kappa shape index (κ3) is 4.79. The minimum Gasteiger partial charge on any atom is -0.457 e. The van der Waals surface area contributed by atoms with Gasteiger partial charge in [-0.3, -0.25) is 4.79 Å². The third-order valence-corrected chi connectivity index (χ3v) is 3.94. The molecule has 1 amide bonds. The number of carbonyl (C=O) groups is 2. The average Bonchev–Trinajstić information content (AvgIpc) is 2.68. The van der Waals surface area contributed by atoms with Gasteiger partial charge in [0.25, 0.3) is 0 Å². The van der Waals surface area contributed by atoms with Crippen LogP contribution in [0.1, 0.15) is 22.8 Å². The van der Waals surface area contributed by atoms with Gasteiger partial charge in [-0.2, -0.15) is 0 Å². The van der Waals surface area contributed by atoms with E-state index in [0.29, 0.717) is 0 Å². The molecule has 3 rings (SSSR count). The summed E-state index contributed by atoms with van der Waals surface area (Å²) in [6.07, 6.45) is 0. The molecule has 0 unspecified atom stereocenters. The smallest absolute Gasteiger partial charge is 0.338 e. The van der Waals surface area contributed by atoms with Crippen LogP contribution in [0.4, 0.5) is 10.1 Å². The van der Waals surface area contributed by atoms with Gasteiger partial charge in [-0.25, -0.2) is 9.18 Å². The zero-order valence-electron chi connectivity index (χ0n) is 14.7. The highest BCUT2D eigenvalue weighted by Crippen LogP contribution is 2.20. The van der Waals surface area contributed by atoms with E-state index in [-0.39, 0.29) is 17.9 Å². The molecule has 0 radical (unpaired) electrons. The Balaban J connectivity index is 1.65. The van der Waals surface area contributed by atoms with Crippen LogP contribution in [-0.4, -0.2) is 11.9 Å². The zero-order chi connectivity index (χ0) is 19.2. The first-order valence-electron chi connectivity index (χ1n) is 8.41. The van der Waals surface area contributed by atoms with Gasteiger partial charge in [-0.05, 0) is 34.9 Å². The van der Waals surface area contributed by atoms with Crippen molar-refractivity contribution in [2.45, 2.75) is 13.5 Å². The number of carbonyl (C=O) groups excluding carboxylic acids is 2. The molecule has 3 aromatic carbocycles. The second-order valence-corrected chi connectivity index (χ2v) is 6.01. The quantitative estimate of drug-likeness (QED) is 0.662. The highest BCUT2D eigenvalue weighted by Gasteiger charge is 2.12. The second kappa shape index (κ2) is 8.27. The van der Waals surface area contributed by atoms with Gasteiger partial charge in [0.2, 0.25) is 5.91 Å². The topological polar surface area (TPSA) is 55.4 Å². The molecule has 0 saturated heterocycles. The number of hydrogen-bond acceptors (Lipinski definition) is 3. The molecular formula is C22H18FNO3. The maximum absolute atomic E-state index is 13.7. The van der Waals surface area contributed by atoms with Crippen LogP contribution in [0.25, 0.3) is 11.1 Å². The number of hydrogen-bond donors (Lipinski definition) is 1. The molecule has 0 aliphatic carbocycles. The lowest BCUT2D eigenvalue weighted by molar-refractivity contribution is -0.114. The molecule has 0 saturated carbocycles. The van der Waals surface area contributed by atoms with E-state index in [9.17, 15) is 14.0 Å². The van der Waals surface area contributed by atoms with Crippen LogP contribution in [0, 0.1) is 5.82 Å². The second-order valence-electron chi connectivity index (χ2n) is 6.01. The Morgan fingerprint density at radius 3 is 2.26 bits per heavy atom. The summed E-state index contributed by atoms with van der Waals surface area (Å²) in [5.41, 5.74) is 3.14. The van der Waals surface area contributed by atoms with E-state index in [4.69, 9.17) is 4.74 Å². The van der Waals surface area contributed by atoms with Crippen molar-refractivity contribution in [3.05, 3.63) is 89.7 Å². The predicted molar refractivity (Wildman–Crippen MR) is 102 cm³/mol. The SMILES string of the molecule is CC(=O)Nc1cc(C(=O)OCc2ccc(-c3ccccc3)cc2)ccc1F. The van der Waals surface area contributed by atoms with E-state index in [1.807, 2.05) is 54.6 Å². The minimum absolute atomic E-state index is 0.0517. The number of esters is 1. The molecule has 0 spiro atoms. The molecule has 3 aromatic rings. The van der Waals surface area contributed by atoms with E-state index in [1.54, 1.807) is 0 Å². The molecule has 0 bridgehead atoms. The van der Waals surface area contributed by atoms with Crippen molar-refractivity contribution in [2.24, 2.45) is 0 Å². The number of rotatable bonds is 5. The number of ether oxygens (including phenoxy) is 1. The van der Waals surface area contributed by atoms with Gasteiger partial charge >= 0.3 is 5.97 Å². The molecule has 0 aromatic heterocycles. The molecule has 5 heteroatoms. The fourth-order valence-corrected chi connectivity index (χ4v) is 2.59. The van der Waals surface area contributed by atoms with E-state index >= 15 is 0 Å². The van der Waals surface area contributed by atoms with Crippen molar-refractivity contribution in [3.63, 3.8) is 0 Å². The first-order chi connectivity index (χ1) is 13.0. The molecule has 0 atom stereocenters. The van der Waals surface area contributed by atoms with Crippen LogP contribution < -0.4 is 5.32 Å². The van der Waals surface area contributed by atoms with Gasteiger partial charge in [0, 0.05) is 6.92 Å². The van der Waals surface area contributed by atoms with Crippen molar-refractivity contribution in [1.82, 2.24) is 0 Å². The fourth-order valence-electron chi connectivity index (χ4n) is 2.59. The Morgan fingerprint density at radius 1 is 0.926 bits per heavy atom. The summed E-state index contributed by atoms with van der Waals surface area (Å²) < 4.78 is 18.9. The Labute approximate surface area is 156 Å². The number of amides is 1. The van der Waals surface area contributed by atoms with Crippen LogP contribution in [0.3, 0.4) is 0 Å². The highest BCUT2D eigenvalue weighted by molar-refractivity contribution is 5.93. The van der Waals surface area contributed by atoms with Gasteiger partial charge in [0.15, 0.2) is 0 Å². The summed E-state index contributed by atoms with van der Waals surface area (Å²) >= 11 is 0. The van der Waals surface area contributed by atoms with Crippen molar-refractivity contribution < 1.29 is 18.7 Å². The maximum atomic E-state index is 13.7. The van der Waals surface area contributed by atoms with E-state index < -0.39 is 17.7 Å². The summed E-state index contributed by atoms with van der Waals surface area (Å²) in [7, 11) is 0. The van der Waals surface area contributed by atoms with Gasteiger partial charge in [-0.15, -0.1) is 0 Å². The minimum atomic E-state index is -0.613. The van der Waals surface area contributed by atoms with Crippen LogP contribution in [0.15, 0.2) is 72.8 Å². The van der Waals surface area contributed by atoms with Crippen LogP contribution in [0.2, 0.25) is 0 Å². The number of anilines is 1. The Morgan fingerprint density at radius 2 is 1.59 bits per heavy atom. The highest BCUT2D eigenvalue weighted by atomic mass is 19.1. The molecule has 0 fully saturated rings. The van der Waals surface area contributed by atoms with Crippen molar-refractivity contribution >= 4 is 17.6 Å². The zero-order valence-corrected chi connectivity index (χ0v) is 14.7. The average molecular weight is 363 g/mol. The van der Waals surface area contributed by atoms with E-state index in [0.717, 1.165) is 22.8 Å². The molecular weight excluding hydrogens is 345 g/mol. The molecule has 0 aliphatic heterocycles. The number of halogens is 1. The summed E-state index contributed by atoms with van der Waals surface area (Å²) in [5, 5.41) is 2.34. The summed E-state index contributed by atoms with van der Waals surface area (Å²) in [4.78, 5) is 23.3. The first kappa shape index (κ1) is 18.3. The Hall–Kier alpha value is -3.47. The Bertz CT molecular complexity index is 953. The maximum Gasteiger partial charge on any atom is 0.338 e.